The molecule has 1 aromatic rings. The van der Waals surface area contributed by atoms with E-state index in [1.54, 1.807) is 12.1 Å². The first-order valence-electron chi connectivity index (χ1n) is 5.71. The maximum Gasteiger partial charge on any atom is 0.344 e. The van der Waals surface area contributed by atoms with Crippen LogP contribution < -0.4 is 4.74 Å². The van der Waals surface area contributed by atoms with Crippen LogP contribution in [0, 0.1) is 0 Å². The number of esters is 1. The fourth-order valence-electron chi connectivity index (χ4n) is 1.20. The first-order chi connectivity index (χ1) is 8.63. The van der Waals surface area contributed by atoms with E-state index in [-0.39, 0.29) is 6.61 Å². The van der Waals surface area contributed by atoms with Gasteiger partial charge in [0.15, 0.2) is 6.61 Å². The highest BCUT2D eigenvalue weighted by molar-refractivity contribution is 6.67. The summed E-state index contributed by atoms with van der Waals surface area (Å²) in [5, 5.41) is -0.527. The van der Waals surface area contributed by atoms with E-state index in [2.05, 4.69) is 0 Å². The first kappa shape index (κ1) is 14.5. The standard InChI is InChI=1S/C13H15ClO4/c1-2-3-8-17-12(15)9-18-11-6-4-10(5-7-11)13(14)16/h4-7H,2-3,8-9H2,1H3. The Morgan fingerprint density at radius 1 is 1.22 bits per heavy atom. The summed E-state index contributed by atoms with van der Waals surface area (Å²) in [7, 11) is 0. The lowest BCUT2D eigenvalue weighted by molar-refractivity contribution is -0.146. The smallest absolute Gasteiger partial charge is 0.344 e. The molecule has 4 nitrogen and oxygen atoms in total. The van der Waals surface area contributed by atoms with Crippen LogP contribution in [0.25, 0.3) is 0 Å². The molecule has 0 amide bonds. The molecule has 0 fully saturated rings. The highest BCUT2D eigenvalue weighted by Gasteiger charge is 2.05. The first-order valence-corrected chi connectivity index (χ1v) is 6.09. The largest absolute Gasteiger partial charge is 0.482 e. The van der Waals surface area contributed by atoms with Gasteiger partial charge in [0.05, 0.1) is 6.61 Å². The second-order valence-electron chi connectivity index (χ2n) is 3.66. The van der Waals surface area contributed by atoms with E-state index in [4.69, 9.17) is 21.1 Å². The Labute approximate surface area is 111 Å². The van der Waals surface area contributed by atoms with Crippen LogP contribution in [0.4, 0.5) is 0 Å². The van der Waals surface area contributed by atoms with Crippen LogP contribution in [0.15, 0.2) is 24.3 Å². The van der Waals surface area contributed by atoms with E-state index in [0.29, 0.717) is 17.9 Å². The molecular formula is C13H15ClO4. The summed E-state index contributed by atoms with van der Waals surface area (Å²) in [4.78, 5) is 22.1. The van der Waals surface area contributed by atoms with Crippen molar-refractivity contribution in [3.05, 3.63) is 29.8 Å². The number of carbonyl (C=O) groups excluding carboxylic acids is 2. The zero-order valence-corrected chi connectivity index (χ0v) is 10.9. The van der Waals surface area contributed by atoms with Crippen molar-refractivity contribution in [3.63, 3.8) is 0 Å². The molecule has 0 aliphatic heterocycles. The van der Waals surface area contributed by atoms with E-state index in [1.165, 1.54) is 12.1 Å². The van der Waals surface area contributed by atoms with Gasteiger partial charge in [-0.05, 0) is 42.3 Å². The maximum absolute atomic E-state index is 11.2. The van der Waals surface area contributed by atoms with Crippen molar-refractivity contribution in [2.75, 3.05) is 13.2 Å². The van der Waals surface area contributed by atoms with Gasteiger partial charge in [0.1, 0.15) is 5.75 Å². The molecular weight excluding hydrogens is 256 g/mol. The second kappa shape index (κ2) is 7.71. The third-order valence-corrected chi connectivity index (χ3v) is 2.42. The molecule has 0 radical (unpaired) electrons. The fraction of sp³-hybridized carbons (Fsp3) is 0.385. The number of carbonyl (C=O) groups is 2. The molecule has 0 atom stereocenters. The molecule has 0 saturated carbocycles. The van der Waals surface area contributed by atoms with Crippen LogP contribution >= 0.6 is 11.6 Å². The molecule has 0 N–H and O–H groups in total. The maximum atomic E-state index is 11.2. The zero-order valence-electron chi connectivity index (χ0n) is 10.1. The Morgan fingerprint density at radius 2 is 1.89 bits per heavy atom. The van der Waals surface area contributed by atoms with E-state index in [1.807, 2.05) is 6.92 Å². The van der Waals surface area contributed by atoms with Gasteiger partial charge in [0.2, 0.25) is 0 Å². The van der Waals surface area contributed by atoms with Crippen LogP contribution in [0.3, 0.4) is 0 Å². The monoisotopic (exact) mass is 270 g/mol. The second-order valence-corrected chi connectivity index (χ2v) is 4.00. The van der Waals surface area contributed by atoms with Crippen molar-refractivity contribution in [2.45, 2.75) is 19.8 Å². The Balaban J connectivity index is 2.34. The Bertz CT molecular complexity index is 400. The molecule has 98 valence electrons. The van der Waals surface area contributed by atoms with E-state index < -0.39 is 11.2 Å². The molecule has 0 heterocycles. The average molecular weight is 271 g/mol. The summed E-state index contributed by atoms with van der Waals surface area (Å²) in [5.41, 5.74) is 0.384. The summed E-state index contributed by atoms with van der Waals surface area (Å²) in [6.07, 6.45) is 1.82. The summed E-state index contributed by atoms with van der Waals surface area (Å²) in [6.45, 7) is 2.29. The quantitative estimate of drug-likeness (QED) is 0.434. The lowest BCUT2D eigenvalue weighted by Crippen LogP contribution is -2.15. The molecule has 0 aliphatic carbocycles. The van der Waals surface area contributed by atoms with Gasteiger partial charge in [0.25, 0.3) is 5.24 Å². The number of hydrogen-bond donors (Lipinski definition) is 0. The van der Waals surface area contributed by atoms with Crippen molar-refractivity contribution < 1.29 is 19.1 Å². The summed E-state index contributed by atoms with van der Waals surface area (Å²) >= 11 is 5.30. The minimum atomic E-state index is -0.527. The fourth-order valence-corrected chi connectivity index (χ4v) is 1.32. The van der Waals surface area contributed by atoms with Gasteiger partial charge in [-0.1, -0.05) is 13.3 Å². The molecule has 0 spiro atoms. The van der Waals surface area contributed by atoms with Gasteiger partial charge >= 0.3 is 5.97 Å². The normalized spacial score (nSPS) is 9.89. The predicted octanol–water partition coefficient (Wildman–Crippen LogP) is 2.79. The van der Waals surface area contributed by atoms with Gasteiger partial charge in [-0.3, -0.25) is 4.79 Å². The van der Waals surface area contributed by atoms with Crippen molar-refractivity contribution in [1.82, 2.24) is 0 Å². The predicted molar refractivity (Wildman–Crippen MR) is 68.0 cm³/mol. The van der Waals surface area contributed by atoms with Gasteiger partial charge in [-0.25, -0.2) is 4.79 Å². The van der Waals surface area contributed by atoms with Gasteiger partial charge in [-0.2, -0.15) is 0 Å². The molecule has 1 rings (SSSR count). The third-order valence-electron chi connectivity index (χ3n) is 2.20. The lowest BCUT2D eigenvalue weighted by Gasteiger charge is -2.06. The van der Waals surface area contributed by atoms with Crippen molar-refractivity contribution in [2.24, 2.45) is 0 Å². The minimum absolute atomic E-state index is 0.141. The van der Waals surface area contributed by atoms with E-state index in [9.17, 15) is 9.59 Å². The minimum Gasteiger partial charge on any atom is -0.482 e. The highest BCUT2D eigenvalue weighted by atomic mass is 35.5. The van der Waals surface area contributed by atoms with E-state index in [0.717, 1.165) is 12.8 Å². The van der Waals surface area contributed by atoms with Gasteiger partial charge in [-0.15, -0.1) is 0 Å². The topological polar surface area (TPSA) is 52.6 Å². The number of hydrogen-bond acceptors (Lipinski definition) is 4. The number of ether oxygens (including phenoxy) is 2. The average Bonchev–Trinajstić information content (AvgIpc) is 2.37. The summed E-state index contributed by atoms with van der Waals surface area (Å²) < 4.78 is 10.1. The number of benzene rings is 1. The SMILES string of the molecule is CCCCOC(=O)COc1ccc(C(=O)Cl)cc1. The Morgan fingerprint density at radius 3 is 2.44 bits per heavy atom. The molecule has 0 saturated heterocycles. The van der Waals surface area contributed by atoms with Crippen molar-refractivity contribution in [1.29, 1.82) is 0 Å². The molecule has 0 bridgehead atoms. The molecule has 18 heavy (non-hydrogen) atoms. The highest BCUT2D eigenvalue weighted by Crippen LogP contribution is 2.13. The molecule has 0 unspecified atom stereocenters. The van der Waals surface area contributed by atoms with Crippen molar-refractivity contribution >= 4 is 22.8 Å². The van der Waals surface area contributed by atoms with Crippen LogP contribution in [0.1, 0.15) is 30.1 Å². The number of halogens is 1. The zero-order chi connectivity index (χ0) is 13.4. The van der Waals surface area contributed by atoms with Crippen LogP contribution in [-0.4, -0.2) is 24.4 Å². The van der Waals surface area contributed by atoms with Gasteiger partial charge < -0.3 is 9.47 Å². The molecule has 1 aromatic carbocycles. The number of rotatable bonds is 7. The van der Waals surface area contributed by atoms with Crippen LogP contribution in [-0.2, 0) is 9.53 Å². The Hall–Kier alpha value is -1.55. The molecule has 0 aliphatic rings. The summed E-state index contributed by atoms with van der Waals surface area (Å²) in [5.74, 6) is 0.0880. The van der Waals surface area contributed by atoms with Crippen LogP contribution in [0.5, 0.6) is 5.75 Å². The van der Waals surface area contributed by atoms with E-state index >= 15 is 0 Å². The van der Waals surface area contributed by atoms with Crippen LogP contribution in [0.2, 0.25) is 0 Å². The third kappa shape index (κ3) is 5.19. The summed E-state index contributed by atoms with van der Waals surface area (Å²) in [6, 6.07) is 6.23. The molecule has 5 heteroatoms. The molecule has 0 aromatic heterocycles. The Kier molecular flexibility index (Phi) is 6.22. The lowest BCUT2D eigenvalue weighted by atomic mass is 10.2. The number of unbranched alkanes of at least 4 members (excludes halogenated alkanes) is 1. The van der Waals surface area contributed by atoms with Gasteiger partial charge in [0, 0.05) is 5.56 Å². The van der Waals surface area contributed by atoms with Crippen molar-refractivity contribution in [3.8, 4) is 5.75 Å².